The monoisotopic (exact) mass is 277 g/mol. The lowest BCUT2D eigenvalue weighted by atomic mass is 10.1. The predicted molar refractivity (Wildman–Crippen MR) is 69.5 cm³/mol. The zero-order chi connectivity index (χ0) is 14.7. The molecule has 0 amide bonds. The number of ketones is 1. The van der Waals surface area contributed by atoms with Crippen LogP contribution in [0.2, 0.25) is 0 Å². The van der Waals surface area contributed by atoms with Crippen LogP contribution in [0.15, 0.2) is 28.9 Å². The van der Waals surface area contributed by atoms with Gasteiger partial charge in [0.25, 0.3) is 0 Å². The van der Waals surface area contributed by atoms with Crippen molar-refractivity contribution < 1.29 is 23.6 Å². The lowest BCUT2D eigenvalue weighted by Crippen LogP contribution is -2.15. The van der Waals surface area contributed by atoms with Crippen LogP contribution in [-0.4, -0.2) is 30.7 Å². The number of ether oxygens (including phenoxy) is 1. The molecule has 0 radical (unpaired) electrons. The summed E-state index contributed by atoms with van der Waals surface area (Å²) >= 11 is 0. The summed E-state index contributed by atoms with van der Waals surface area (Å²) in [5, 5.41) is 0. The van der Waals surface area contributed by atoms with Crippen molar-refractivity contribution in [2.24, 2.45) is 0 Å². The molecule has 2 heterocycles. The molecule has 0 aromatic carbocycles. The molecule has 0 saturated carbocycles. The Morgan fingerprint density at radius 3 is 2.65 bits per heavy atom. The Morgan fingerprint density at radius 2 is 2.10 bits per heavy atom. The molecule has 6 nitrogen and oxygen atoms in total. The maximum absolute atomic E-state index is 12.3. The highest BCUT2D eigenvalue weighted by molar-refractivity contribution is 6.08. The molecule has 0 saturated heterocycles. The fourth-order valence-electron chi connectivity index (χ4n) is 2.02. The second kappa shape index (κ2) is 5.64. The van der Waals surface area contributed by atoms with Crippen molar-refractivity contribution >= 4 is 11.8 Å². The van der Waals surface area contributed by atoms with E-state index < -0.39 is 5.97 Å². The van der Waals surface area contributed by atoms with E-state index in [0.717, 1.165) is 0 Å². The van der Waals surface area contributed by atoms with Gasteiger partial charge in [-0.1, -0.05) is 0 Å². The average Bonchev–Trinajstić information content (AvgIpc) is 3.06. The topological polar surface area (TPSA) is 70.7 Å². The van der Waals surface area contributed by atoms with Crippen LogP contribution in [0.25, 0.3) is 0 Å². The van der Waals surface area contributed by atoms with Crippen molar-refractivity contribution in [2.75, 3.05) is 14.2 Å². The number of esters is 1. The normalized spacial score (nSPS) is 10.3. The molecule has 0 aliphatic rings. The highest BCUT2D eigenvalue weighted by Crippen LogP contribution is 2.19. The SMILES string of the molecule is COC(=O)Cc1cc(C(=O)c2ccco2)c(C)n1OC. The van der Waals surface area contributed by atoms with Gasteiger partial charge >= 0.3 is 5.97 Å². The molecule has 2 aromatic heterocycles. The summed E-state index contributed by atoms with van der Waals surface area (Å²) in [5.74, 6) is -0.418. The standard InChI is InChI=1S/C14H15NO5/c1-9-11(14(17)12-5-4-6-20-12)7-10(15(9)19-3)8-13(16)18-2/h4-7H,8H2,1-3H3. The molecule has 0 atom stereocenters. The lowest BCUT2D eigenvalue weighted by molar-refractivity contribution is -0.140. The highest BCUT2D eigenvalue weighted by atomic mass is 16.6. The Labute approximate surface area is 115 Å². The molecule has 0 aliphatic carbocycles. The largest absolute Gasteiger partial charge is 0.469 e. The van der Waals surface area contributed by atoms with Gasteiger partial charge in [0.05, 0.1) is 36.7 Å². The van der Waals surface area contributed by atoms with E-state index in [9.17, 15) is 9.59 Å². The zero-order valence-corrected chi connectivity index (χ0v) is 11.5. The van der Waals surface area contributed by atoms with Crippen molar-refractivity contribution in [1.82, 2.24) is 4.73 Å². The van der Waals surface area contributed by atoms with Crippen LogP contribution in [0.4, 0.5) is 0 Å². The zero-order valence-electron chi connectivity index (χ0n) is 11.5. The van der Waals surface area contributed by atoms with E-state index in [2.05, 4.69) is 4.74 Å². The van der Waals surface area contributed by atoms with Gasteiger partial charge in [-0.3, -0.25) is 9.59 Å². The van der Waals surface area contributed by atoms with E-state index in [1.54, 1.807) is 25.1 Å². The summed E-state index contributed by atoms with van der Waals surface area (Å²) in [6, 6.07) is 4.84. The predicted octanol–water partition coefficient (Wildman–Crippen LogP) is 1.39. The summed E-state index contributed by atoms with van der Waals surface area (Å²) in [7, 11) is 2.78. The first kappa shape index (κ1) is 13.9. The maximum Gasteiger partial charge on any atom is 0.311 e. The number of hydrogen-bond acceptors (Lipinski definition) is 5. The first-order valence-electron chi connectivity index (χ1n) is 5.99. The van der Waals surface area contributed by atoms with Crippen LogP contribution >= 0.6 is 0 Å². The van der Waals surface area contributed by atoms with Gasteiger partial charge in [0.1, 0.15) is 7.11 Å². The molecule has 0 unspecified atom stereocenters. The minimum absolute atomic E-state index is 0.0244. The van der Waals surface area contributed by atoms with Gasteiger partial charge in [-0.15, -0.1) is 0 Å². The maximum atomic E-state index is 12.3. The fraction of sp³-hybridized carbons (Fsp3) is 0.286. The van der Waals surface area contributed by atoms with Crippen molar-refractivity contribution in [1.29, 1.82) is 0 Å². The van der Waals surface area contributed by atoms with Crippen LogP contribution in [0.1, 0.15) is 27.5 Å². The Morgan fingerprint density at radius 1 is 1.35 bits per heavy atom. The number of rotatable bonds is 5. The molecule has 0 N–H and O–H groups in total. The molecule has 6 heteroatoms. The molecule has 2 rings (SSSR count). The van der Waals surface area contributed by atoms with E-state index in [1.807, 2.05) is 0 Å². The highest BCUT2D eigenvalue weighted by Gasteiger charge is 2.22. The molecule has 0 fully saturated rings. The van der Waals surface area contributed by atoms with Gasteiger partial charge in [0.15, 0.2) is 5.76 Å². The smallest absolute Gasteiger partial charge is 0.311 e. The Kier molecular flexibility index (Phi) is 3.93. The van der Waals surface area contributed by atoms with Gasteiger partial charge in [-0.25, -0.2) is 0 Å². The molecule has 106 valence electrons. The van der Waals surface area contributed by atoms with Gasteiger partial charge < -0.3 is 14.0 Å². The third-order valence-electron chi connectivity index (χ3n) is 2.99. The number of carbonyl (C=O) groups excluding carboxylic acids is 2. The van der Waals surface area contributed by atoms with Crippen LogP contribution in [0.3, 0.4) is 0 Å². The molecular weight excluding hydrogens is 262 g/mol. The van der Waals surface area contributed by atoms with Crippen molar-refractivity contribution in [3.8, 4) is 0 Å². The minimum Gasteiger partial charge on any atom is -0.469 e. The molecule has 2 aromatic rings. The number of nitrogens with zero attached hydrogens (tertiary/aromatic N) is 1. The van der Waals surface area contributed by atoms with Crippen molar-refractivity contribution in [3.05, 3.63) is 47.2 Å². The molecule has 0 bridgehead atoms. The van der Waals surface area contributed by atoms with Crippen molar-refractivity contribution in [3.63, 3.8) is 0 Å². The molecule has 20 heavy (non-hydrogen) atoms. The van der Waals surface area contributed by atoms with Crippen LogP contribution in [-0.2, 0) is 16.0 Å². The number of carbonyl (C=O) groups is 2. The second-order valence-electron chi connectivity index (χ2n) is 4.17. The van der Waals surface area contributed by atoms with Crippen molar-refractivity contribution in [2.45, 2.75) is 13.3 Å². The molecule has 0 spiro atoms. The van der Waals surface area contributed by atoms with Gasteiger partial charge in [-0.2, -0.15) is 4.73 Å². The van der Waals surface area contributed by atoms with Gasteiger partial charge in [0.2, 0.25) is 5.78 Å². The average molecular weight is 277 g/mol. The quantitative estimate of drug-likeness (QED) is 0.610. The number of aromatic nitrogens is 1. The summed E-state index contributed by atoms with van der Waals surface area (Å²) in [6.07, 6.45) is 1.46. The summed E-state index contributed by atoms with van der Waals surface area (Å²) < 4.78 is 11.2. The summed E-state index contributed by atoms with van der Waals surface area (Å²) in [6.45, 7) is 1.74. The number of hydrogen-bond donors (Lipinski definition) is 0. The third-order valence-corrected chi connectivity index (χ3v) is 2.99. The summed E-state index contributed by atoms with van der Waals surface area (Å²) in [4.78, 5) is 28.9. The molecule has 0 aliphatic heterocycles. The Balaban J connectivity index is 2.40. The van der Waals surface area contributed by atoms with E-state index in [0.29, 0.717) is 17.0 Å². The second-order valence-corrected chi connectivity index (χ2v) is 4.17. The van der Waals surface area contributed by atoms with E-state index in [1.165, 1.54) is 25.2 Å². The van der Waals surface area contributed by atoms with E-state index >= 15 is 0 Å². The van der Waals surface area contributed by atoms with E-state index in [4.69, 9.17) is 9.25 Å². The number of furan rings is 1. The Hall–Kier alpha value is -2.50. The fourth-order valence-corrected chi connectivity index (χ4v) is 2.02. The van der Waals surface area contributed by atoms with Crippen LogP contribution in [0.5, 0.6) is 0 Å². The van der Waals surface area contributed by atoms with Gasteiger partial charge in [0, 0.05) is 0 Å². The van der Waals surface area contributed by atoms with Crippen LogP contribution in [0, 0.1) is 6.92 Å². The summed E-state index contributed by atoms with van der Waals surface area (Å²) in [5.41, 5.74) is 1.58. The lowest BCUT2D eigenvalue weighted by Gasteiger charge is -2.08. The van der Waals surface area contributed by atoms with Crippen LogP contribution < -0.4 is 4.84 Å². The third kappa shape index (κ3) is 2.45. The Bertz CT molecular complexity index is 624. The molecular formula is C14H15NO5. The minimum atomic E-state index is -0.405. The first-order valence-corrected chi connectivity index (χ1v) is 5.99. The van der Waals surface area contributed by atoms with E-state index in [-0.39, 0.29) is 18.0 Å². The van der Waals surface area contributed by atoms with Gasteiger partial charge in [-0.05, 0) is 25.1 Å². The number of methoxy groups -OCH3 is 1. The first-order chi connectivity index (χ1) is 9.58.